The Balaban J connectivity index is 1.69. The number of ether oxygens (including phenoxy) is 2. The summed E-state index contributed by atoms with van der Waals surface area (Å²) in [6.07, 6.45) is 0. The standard InChI is InChI=1S/C18H17ClN2O3S2/c1-10(25-18-21-13-8-11(19)4-7-16(13)26-18)17(22)20-12-5-6-14(23-2)15(9-12)24-3/h4-10H,1-3H3,(H,20,22). The summed E-state index contributed by atoms with van der Waals surface area (Å²) in [5.74, 6) is 1.06. The number of aromatic nitrogens is 1. The van der Waals surface area contributed by atoms with Gasteiger partial charge in [0.1, 0.15) is 0 Å². The number of amides is 1. The van der Waals surface area contributed by atoms with Gasteiger partial charge in [0.15, 0.2) is 15.8 Å². The minimum Gasteiger partial charge on any atom is -0.493 e. The number of hydrogen-bond donors (Lipinski definition) is 1. The second-order valence-electron chi connectivity index (χ2n) is 5.41. The topological polar surface area (TPSA) is 60.5 Å². The summed E-state index contributed by atoms with van der Waals surface area (Å²) >= 11 is 8.96. The summed E-state index contributed by atoms with van der Waals surface area (Å²) in [5, 5.41) is 3.24. The molecule has 1 atom stereocenters. The van der Waals surface area contributed by atoms with Gasteiger partial charge in [0.2, 0.25) is 5.91 Å². The van der Waals surface area contributed by atoms with Crippen molar-refractivity contribution in [2.75, 3.05) is 19.5 Å². The number of carbonyl (C=O) groups excluding carboxylic acids is 1. The number of thiazole rings is 1. The summed E-state index contributed by atoms with van der Waals surface area (Å²) in [7, 11) is 3.13. The fourth-order valence-corrected chi connectivity index (χ4v) is 4.65. The summed E-state index contributed by atoms with van der Waals surface area (Å²) in [6.45, 7) is 1.85. The van der Waals surface area contributed by atoms with Gasteiger partial charge in [0, 0.05) is 16.8 Å². The molecule has 1 aromatic heterocycles. The summed E-state index contributed by atoms with van der Waals surface area (Å²) in [6, 6.07) is 10.9. The average molecular weight is 409 g/mol. The Morgan fingerprint density at radius 3 is 2.69 bits per heavy atom. The SMILES string of the molecule is COc1ccc(NC(=O)C(C)Sc2nc3cc(Cl)ccc3s2)cc1OC. The van der Waals surface area contributed by atoms with Crippen LogP contribution in [0.5, 0.6) is 11.5 Å². The third kappa shape index (κ3) is 4.23. The Labute approximate surface area is 164 Å². The van der Waals surface area contributed by atoms with Gasteiger partial charge < -0.3 is 14.8 Å². The van der Waals surface area contributed by atoms with Gasteiger partial charge in [-0.05, 0) is 37.3 Å². The van der Waals surface area contributed by atoms with E-state index in [4.69, 9.17) is 21.1 Å². The van der Waals surface area contributed by atoms with Gasteiger partial charge in [-0.3, -0.25) is 4.79 Å². The van der Waals surface area contributed by atoms with Crippen LogP contribution in [0, 0.1) is 0 Å². The largest absolute Gasteiger partial charge is 0.493 e. The van der Waals surface area contributed by atoms with Crippen LogP contribution in [0.4, 0.5) is 5.69 Å². The van der Waals surface area contributed by atoms with Gasteiger partial charge in [-0.2, -0.15) is 0 Å². The lowest BCUT2D eigenvalue weighted by molar-refractivity contribution is -0.115. The zero-order valence-electron chi connectivity index (χ0n) is 14.4. The molecule has 1 heterocycles. The number of fused-ring (bicyclic) bond motifs is 1. The smallest absolute Gasteiger partial charge is 0.237 e. The van der Waals surface area contributed by atoms with E-state index in [1.165, 1.54) is 11.8 Å². The van der Waals surface area contributed by atoms with Gasteiger partial charge >= 0.3 is 0 Å². The van der Waals surface area contributed by atoms with E-state index in [2.05, 4.69) is 10.3 Å². The monoisotopic (exact) mass is 408 g/mol. The first-order valence-electron chi connectivity index (χ1n) is 7.76. The molecule has 0 aliphatic heterocycles. The normalized spacial score (nSPS) is 12.0. The number of hydrogen-bond acceptors (Lipinski definition) is 6. The maximum absolute atomic E-state index is 12.5. The number of nitrogens with zero attached hydrogens (tertiary/aromatic N) is 1. The van der Waals surface area contributed by atoms with Crippen LogP contribution in [0.15, 0.2) is 40.7 Å². The van der Waals surface area contributed by atoms with Gasteiger partial charge in [-0.15, -0.1) is 11.3 Å². The molecule has 0 aliphatic carbocycles. The van der Waals surface area contributed by atoms with Crippen LogP contribution in [-0.2, 0) is 4.79 Å². The first-order chi connectivity index (χ1) is 12.5. The van der Waals surface area contributed by atoms with Gasteiger partial charge in [-0.1, -0.05) is 23.4 Å². The van der Waals surface area contributed by atoms with Gasteiger partial charge in [-0.25, -0.2) is 4.98 Å². The molecule has 0 radical (unpaired) electrons. The number of thioether (sulfide) groups is 1. The molecule has 1 amide bonds. The van der Waals surface area contributed by atoms with Crippen molar-refractivity contribution in [3.05, 3.63) is 41.4 Å². The van der Waals surface area contributed by atoms with Gasteiger partial charge in [0.05, 0.1) is 29.7 Å². The quantitative estimate of drug-likeness (QED) is 0.576. The van der Waals surface area contributed by atoms with Crippen molar-refractivity contribution >= 4 is 56.5 Å². The first kappa shape index (κ1) is 18.8. The van der Waals surface area contributed by atoms with Crippen molar-refractivity contribution in [1.82, 2.24) is 4.98 Å². The zero-order chi connectivity index (χ0) is 18.7. The van der Waals surface area contributed by atoms with Crippen LogP contribution in [0.25, 0.3) is 10.2 Å². The highest BCUT2D eigenvalue weighted by atomic mass is 35.5. The highest BCUT2D eigenvalue weighted by molar-refractivity contribution is 8.02. The predicted octanol–water partition coefficient (Wildman–Crippen LogP) is 5.09. The lowest BCUT2D eigenvalue weighted by Crippen LogP contribution is -2.22. The number of halogens is 1. The molecule has 0 aliphatic rings. The molecule has 5 nitrogen and oxygen atoms in total. The molecule has 0 saturated heterocycles. The fraction of sp³-hybridized carbons (Fsp3) is 0.222. The van der Waals surface area contributed by atoms with Gasteiger partial charge in [0.25, 0.3) is 0 Å². The Bertz CT molecular complexity index is 945. The summed E-state index contributed by atoms with van der Waals surface area (Å²) in [5.41, 5.74) is 1.49. The van der Waals surface area contributed by atoms with Crippen molar-refractivity contribution in [2.24, 2.45) is 0 Å². The molecule has 1 N–H and O–H groups in total. The second-order valence-corrected chi connectivity index (χ2v) is 8.47. The lowest BCUT2D eigenvalue weighted by atomic mass is 10.2. The van der Waals surface area contributed by atoms with E-state index in [0.29, 0.717) is 22.2 Å². The number of nitrogens with one attached hydrogen (secondary N) is 1. The van der Waals surface area contributed by atoms with E-state index >= 15 is 0 Å². The number of rotatable bonds is 6. The van der Waals surface area contributed by atoms with Crippen LogP contribution >= 0.6 is 34.7 Å². The zero-order valence-corrected chi connectivity index (χ0v) is 16.8. The van der Waals surface area contributed by atoms with Crippen LogP contribution in [0.3, 0.4) is 0 Å². The van der Waals surface area contributed by atoms with Crippen molar-refractivity contribution in [3.63, 3.8) is 0 Å². The minimum atomic E-state index is -0.306. The van der Waals surface area contributed by atoms with E-state index in [-0.39, 0.29) is 11.2 Å². The van der Waals surface area contributed by atoms with E-state index in [0.717, 1.165) is 14.6 Å². The molecule has 3 rings (SSSR count). The Hall–Kier alpha value is -1.96. The second kappa shape index (κ2) is 8.16. The molecule has 26 heavy (non-hydrogen) atoms. The molecule has 3 aromatic rings. The highest BCUT2D eigenvalue weighted by Crippen LogP contribution is 2.34. The molecule has 0 bridgehead atoms. The molecule has 1 unspecified atom stereocenters. The van der Waals surface area contributed by atoms with Crippen molar-refractivity contribution in [3.8, 4) is 11.5 Å². The van der Waals surface area contributed by atoms with Crippen LogP contribution in [0.1, 0.15) is 6.92 Å². The lowest BCUT2D eigenvalue weighted by Gasteiger charge is -2.13. The molecule has 8 heteroatoms. The van der Waals surface area contributed by atoms with E-state index in [9.17, 15) is 4.79 Å². The molecule has 0 spiro atoms. The minimum absolute atomic E-state index is 0.112. The maximum Gasteiger partial charge on any atom is 0.237 e. The maximum atomic E-state index is 12.5. The predicted molar refractivity (Wildman–Crippen MR) is 108 cm³/mol. The average Bonchev–Trinajstić information content (AvgIpc) is 3.02. The number of carbonyl (C=O) groups is 1. The van der Waals surface area contributed by atoms with Crippen LogP contribution in [-0.4, -0.2) is 30.4 Å². The van der Waals surface area contributed by atoms with E-state index < -0.39 is 0 Å². The molecule has 2 aromatic carbocycles. The number of anilines is 1. The highest BCUT2D eigenvalue weighted by Gasteiger charge is 2.18. The summed E-state index contributed by atoms with van der Waals surface area (Å²) in [4.78, 5) is 17.0. The molecule has 0 fully saturated rings. The van der Waals surface area contributed by atoms with Crippen LogP contribution in [0.2, 0.25) is 5.02 Å². The molecular formula is C18H17ClN2O3S2. The Kier molecular flexibility index (Phi) is 5.90. The third-order valence-electron chi connectivity index (χ3n) is 3.63. The third-order valence-corrected chi connectivity index (χ3v) is 6.09. The molecular weight excluding hydrogens is 392 g/mol. The molecule has 0 saturated carbocycles. The first-order valence-corrected chi connectivity index (χ1v) is 9.83. The van der Waals surface area contributed by atoms with Crippen molar-refractivity contribution in [2.45, 2.75) is 16.5 Å². The molecule has 136 valence electrons. The van der Waals surface area contributed by atoms with Crippen LogP contribution < -0.4 is 14.8 Å². The van der Waals surface area contributed by atoms with E-state index in [1.54, 1.807) is 43.8 Å². The number of benzene rings is 2. The van der Waals surface area contributed by atoms with Crippen molar-refractivity contribution < 1.29 is 14.3 Å². The number of methoxy groups -OCH3 is 2. The van der Waals surface area contributed by atoms with E-state index in [1.807, 2.05) is 25.1 Å². The summed E-state index contributed by atoms with van der Waals surface area (Å²) < 4.78 is 12.3. The Morgan fingerprint density at radius 1 is 1.19 bits per heavy atom. The van der Waals surface area contributed by atoms with Crippen molar-refractivity contribution in [1.29, 1.82) is 0 Å². The Morgan fingerprint density at radius 2 is 1.96 bits per heavy atom. The fourth-order valence-electron chi connectivity index (χ4n) is 2.29.